The zero-order chi connectivity index (χ0) is 19.0. The molecule has 3 heterocycles. The minimum Gasteiger partial charge on any atom is -0.490 e. The first-order chi connectivity index (χ1) is 13.0. The maximum absolute atomic E-state index is 12.8. The maximum Gasteiger partial charge on any atom is 0.348 e. The van der Waals surface area contributed by atoms with Crippen molar-refractivity contribution < 1.29 is 18.7 Å². The monoisotopic (exact) mass is 388 g/mol. The second-order valence-electron chi connectivity index (χ2n) is 6.26. The van der Waals surface area contributed by atoms with E-state index in [-0.39, 0.29) is 24.6 Å². The van der Waals surface area contributed by atoms with E-state index < -0.39 is 5.97 Å². The molecule has 6 nitrogen and oxygen atoms in total. The van der Waals surface area contributed by atoms with E-state index in [1.807, 2.05) is 0 Å². The van der Waals surface area contributed by atoms with Crippen molar-refractivity contribution in [3.8, 4) is 5.75 Å². The number of nitrogens with zero attached hydrogens (tertiary/aromatic N) is 2. The van der Waals surface area contributed by atoms with E-state index >= 15 is 0 Å². The van der Waals surface area contributed by atoms with Crippen LogP contribution in [0.4, 0.5) is 4.39 Å². The fourth-order valence-electron chi connectivity index (χ4n) is 3.16. The van der Waals surface area contributed by atoms with Gasteiger partial charge in [-0.3, -0.25) is 9.36 Å². The molecule has 0 saturated heterocycles. The Kier molecular flexibility index (Phi) is 4.65. The third kappa shape index (κ3) is 3.32. The molecule has 0 atom stereocenters. The molecule has 1 aliphatic heterocycles. The quantitative estimate of drug-likeness (QED) is 0.496. The Labute approximate surface area is 158 Å². The predicted molar refractivity (Wildman–Crippen MR) is 99.1 cm³/mol. The molecule has 0 radical (unpaired) electrons. The molecular formula is C19H17FN2O4S. The highest BCUT2D eigenvalue weighted by molar-refractivity contribution is 7.20. The van der Waals surface area contributed by atoms with Gasteiger partial charge in [-0.1, -0.05) is 0 Å². The van der Waals surface area contributed by atoms with Gasteiger partial charge in [0.15, 0.2) is 0 Å². The number of ether oxygens (including phenoxy) is 2. The van der Waals surface area contributed by atoms with Crippen LogP contribution in [0.5, 0.6) is 5.75 Å². The minimum atomic E-state index is -0.497. The fraction of sp³-hybridized carbons (Fsp3) is 0.316. The van der Waals surface area contributed by atoms with E-state index in [1.54, 1.807) is 11.5 Å². The van der Waals surface area contributed by atoms with E-state index in [2.05, 4.69) is 4.98 Å². The lowest BCUT2D eigenvalue weighted by Gasteiger charge is -2.07. The molecule has 0 spiro atoms. The van der Waals surface area contributed by atoms with Crippen LogP contribution >= 0.6 is 11.3 Å². The number of carbonyl (C=O) groups excluding carboxylic acids is 1. The molecule has 27 heavy (non-hydrogen) atoms. The predicted octanol–water partition coefficient (Wildman–Crippen LogP) is 3.09. The van der Waals surface area contributed by atoms with Gasteiger partial charge < -0.3 is 9.47 Å². The molecular weight excluding hydrogens is 371 g/mol. The maximum atomic E-state index is 12.8. The molecule has 0 aliphatic carbocycles. The molecule has 0 bridgehead atoms. The number of thiophene rings is 1. The molecule has 8 heteroatoms. The van der Waals surface area contributed by atoms with Crippen LogP contribution < -0.4 is 10.3 Å². The normalized spacial score (nSPS) is 13.0. The third-order valence-corrected chi connectivity index (χ3v) is 5.66. The summed E-state index contributed by atoms with van der Waals surface area (Å²) in [5.41, 5.74) is 0.527. The van der Waals surface area contributed by atoms with Crippen molar-refractivity contribution in [2.24, 2.45) is 0 Å². The Balaban J connectivity index is 1.45. The fourth-order valence-corrected chi connectivity index (χ4v) is 4.24. The van der Waals surface area contributed by atoms with E-state index in [0.29, 0.717) is 33.0 Å². The van der Waals surface area contributed by atoms with Crippen molar-refractivity contribution in [1.29, 1.82) is 0 Å². The molecule has 0 amide bonds. The van der Waals surface area contributed by atoms with E-state index in [9.17, 15) is 14.0 Å². The van der Waals surface area contributed by atoms with Gasteiger partial charge >= 0.3 is 5.97 Å². The molecule has 0 saturated carbocycles. The van der Waals surface area contributed by atoms with Crippen LogP contribution in [0.15, 0.2) is 29.1 Å². The summed E-state index contributed by atoms with van der Waals surface area (Å²) in [5, 5.41) is 0.500. The zero-order valence-corrected chi connectivity index (χ0v) is 15.5. The molecule has 140 valence electrons. The van der Waals surface area contributed by atoms with Crippen LogP contribution in [0, 0.1) is 12.7 Å². The lowest BCUT2D eigenvalue weighted by Crippen LogP contribution is -2.20. The van der Waals surface area contributed by atoms with Gasteiger partial charge in [-0.2, -0.15) is 0 Å². The summed E-state index contributed by atoms with van der Waals surface area (Å²) in [6, 6.07) is 5.60. The van der Waals surface area contributed by atoms with Gasteiger partial charge in [0.25, 0.3) is 5.56 Å². The minimum absolute atomic E-state index is 0.0484. The second kappa shape index (κ2) is 7.11. The van der Waals surface area contributed by atoms with Crippen molar-refractivity contribution in [2.75, 3.05) is 13.2 Å². The van der Waals surface area contributed by atoms with Gasteiger partial charge in [-0.05, 0) is 43.2 Å². The largest absolute Gasteiger partial charge is 0.490 e. The number of aryl methyl sites for hydroxylation is 2. The number of benzene rings is 1. The highest BCUT2D eigenvalue weighted by atomic mass is 32.1. The van der Waals surface area contributed by atoms with Crippen molar-refractivity contribution >= 4 is 27.5 Å². The lowest BCUT2D eigenvalue weighted by molar-refractivity contribution is 0.0455. The molecule has 3 aromatic rings. The molecule has 1 aromatic carbocycles. The lowest BCUT2D eigenvalue weighted by atomic mass is 10.2. The summed E-state index contributed by atoms with van der Waals surface area (Å²) in [6.45, 7) is 2.62. The van der Waals surface area contributed by atoms with Crippen molar-refractivity contribution in [3.63, 3.8) is 0 Å². The van der Waals surface area contributed by atoms with Gasteiger partial charge in [0, 0.05) is 13.0 Å². The van der Waals surface area contributed by atoms with Crippen LogP contribution in [0.1, 0.15) is 27.5 Å². The third-order valence-electron chi connectivity index (χ3n) is 4.50. The Morgan fingerprint density at radius 1 is 1.30 bits per heavy atom. The molecule has 1 aliphatic rings. The summed E-state index contributed by atoms with van der Waals surface area (Å²) in [5.74, 6) is 0.436. The van der Waals surface area contributed by atoms with Crippen LogP contribution in [-0.2, 0) is 17.7 Å². The molecule has 0 N–H and O–H groups in total. The average molecular weight is 388 g/mol. The number of esters is 1. The van der Waals surface area contributed by atoms with Crippen LogP contribution in [0.2, 0.25) is 0 Å². The number of hydrogen-bond donors (Lipinski definition) is 0. The summed E-state index contributed by atoms with van der Waals surface area (Å²) in [4.78, 5) is 30.6. The number of carbonyl (C=O) groups is 1. The first-order valence-corrected chi connectivity index (χ1v) is 9.44. The SMILES string of the molecule is Cc1c(C(=O)OCCOc2ccc(F)cc2)sc2nc3n(c(=O)c12)CCC3. The zero-order valence-electron chi connectivity index (χ0n) is 14.7. The summed E-state index contributed by atoms with van der Waals surface area (Å²) in [6.07, 6.45) is 1.70. The van der Waals surface area contributed by atoms with E-state index in [1.165, 1.54) is 35.6 Å². The molecule has 0 fully saturated rings. The van der Waals surface area contributed by atoms with Crippen LogP contribution in [-0.4, -0.2) is 28.7 Å². The van der Waals surface area contributed by atoms with Crippen LogP contribution in [0.3, 0.4) is 0 Å². The number of rotatable bonds is 5. The standard InChI is InChI=1S/C19H17FN2O4S/c1-11-15-17(21-14-3-2-8-22(14)18(15)23)27-16(11)19(24)26-10-9-25-13-6-4-12(20)5-7-13/h4-7H,2-3,8-10H2,1H3. The van der Waals surface area contributed by atoms with E-state index in [4.69, 9.17) is 9.47 Å². The average Bonchev–Trinajstić information content (AvgIpc) is 3.25. The van der Waals surface area contributed by atoms with Crippen LogP contribution in [0.25, 0.3) is 10.2 Å². The summed E-state index contributed by atoms with van der Waals surface area (Å²) in [7, 11) is 0. The Morgan fingerprint density at radius 3 is 2.85 bits per heavy atom. The Bertz CT molecular complexity index is 1070. The van der Waals surface area contributed by atoms with Gasteiger partial charge in [-0.25, -0.2) is 14.2 Å². The van der Waals surface area contributed by atoms with Gasteiger partial charge in [-0.15, -0.1) is 11.3 Å². The summed E-state index contributed by atoms with van der Waals surface area (Å²) >= 11 is 1.19. The summed E-state index contributed by atoms with van der Waals surface area (Å²) < 4.78 is 25.2. The van der Waals surface area contributed by atoms with Gasteiger partial charge in [0.2, 0.25) is 0 Å². The van der Waals surface area contributed by atoms with Crippen molar-refractivity contribution in [1.82, 2.24) is 9.55 Å². The number of halogens is 1. The Morgan fingerprint density at radius 2 is 2.07 bits per heavy atom. The smallest absolute Gasteiger partial charge is 0.348 e. The molecule has 0 unspecified atom stereocenters. The first kappa shape index (κ1) is 17.7. The number of aromatic nitrogens is 2. The second-order valence-corrected chi connectivity index (χ2v) is 7.26. The highest BCUT2D eigenvalue weighted by Crippen LogP contribution is 2.29. The topological polar surface area (TPSA) is 70.4 Å². The first-order valence-electron chi connectivity index (χ1n) is 8.63. The van der Waals surface area contributed by atoms with E-state index in [0.717, 1.165) is 18.7 Å². The molecule has 2 aromatic heterocycles. The number of fused-ring (bicyclic) bond motifs is 2. The van der Waals surface area contributed by atoms with Crippen molar-refractivity contribution in [3.05, 3.63) is 56.7 Å². The number of hydrogen-bond acceptors (Lipinski definition) is 6. The van der Waals surface area contributed by atoms with Gasteiger partial charge in [0.1, 0.15) is 40.3 Å². The highest BCUT2D eigenvalue weighted by Gasteiger charge is 2.23. The van der Waals surface area contributed by atoms with Crippen molar-refractivity contribution in [2.45, 2.75) is 26.3 Å². The van der Waals surface area contributed by atoms with Gasteiger partial charge in [0.05, 0.1) is 5.39 Å². The Hall–Kier alpha value is -2.74. The molecule has 4 rings (SSSR count).